The Morgan fingerprint density at radius 3 is 1.14 bits per heavy atom. The van der Waals surface area contributed by atoms with E-state index in [1.165, 1.54) is 180 Å². The second-order valence-electron chi connectivity index (χ2n) is 25.0. The normalized spacial score (nSPS) is 14.0. The van der Waals surface area contributed by atoms with Gasteiger partial charge in [-0.2, -0.15) is 0 Å². The lowest BCUT2D eigenvalue weighted by Crippen LogP contribution is -2.47. The molecule has 0 saturated carbocycles. The van der Waals surface area contributed by atoms with Crippen LogP contribution in [0.3, 0.4) is 0 Å². The molecule has 9 nitrogen and oxygen atoms in total. The van der Waals surface area contributed by atoms with Crippen molar-refractivity contribution in [1.29, 1.82) is 0 Å². The van der Waals surface area contributed by atoms with Gasteiger partial charge in [0.2, 0.25) is 5.91 Å². The largest absolute Gasteiger partial charge is 0.472 e. The van der Waals surface area contributed by atoms with Crippen LogP contribution in [0, 0.1) is 0 Å². The molecule has 84 heavy (non-hydrogen) atoms. The van der Waals surface area contributed by atoms with Crippen LogP contribution in [0.15, 0.2) is 85.1 Å². The highest BCUT2D eigenvalue weighted by Crippen LogP contribution is 2.43. The number of carbonyl (C=O) groups is 2. The van der Waals surface area contributed by atoms with Crippen LogP contribution in [0.1, 0.15) is 323 Å². The van der Waals surface area contributed by atoms with Crippen molar-refractivity contribution < 1.29 is 37.3 Å². The van der Waals surface area contributed by atoms with E-state index in [1.54, 1.807) is 0 Å². The number of carbonyl (C=O) groups excluding carboxylic acids is 2. The van der Waals surface area contributed by atoms with E-state index in [0.717, 1.165) is 103 Å². The average molecular weight is 1200 g/mol. The number of allylic oxidation sites excluding steroid dienone is 13. The number of nitrogens with one attached hydrogen (secondary N) is 1. The van der Waals surface area contributed by atoms with Crippen molar-refractivity contribution in [3.05, 3.63) is 85.1 Å². The minimum atomic E-state index is -4.46. The Bertz CT molecular complexity index is 1710. The van der Waals surface area contributed by atoms with Crippen molar-refractivity contribution in [2.75, 3.05) is 40.9 Å². The zero-order chi connectivity index (χ0) is 61.4. The van der Waals surface area contributed by atoms with Crippen LogP contribution in [0.25, 0.3) is 0 Å². The summed E-state index contributed by atoms with van der Waals surface area (Å²) in [4.78, 5) is 37.9. The van der Waals surface area contributed by atoms with Gasteiger partial charge in [0.25, 0.3) is 0 Å². The minimum absolute atomic E-state index is 0.0341. The lowest BCUT2D eigenvalue weighted by Gasteiger charge is -2.27. The summed E-state index contributed by atoms with van der Waals surface area (Å²) in [6.07, 6.45) is 84.5. The molecule has 0 aliphatic carbocycles. The predicted octanol–water partition coefficient (Wildman–Crippen LogP) is 22.5. The molecule has 0 rings (SSSR count). The summed E-state index contributed by atoms with van der Waals surface area (Å²) in [6, 6.07) is -0.862. The van der Waals surface area contributed by atoms with E-state index in [-0.39, 0.29) is 31.5 Å². The number of likely N-dealkylation sites (N-methyl/N-ethyl adjacent to an activating group) is 1. The molecule has 0 radical (unpaired) electrons. The first-order valence-electron chi connectivity index (χ1n) is 35.4. The van der Waals surface area contributed by atoms with Crippen LogP contribution in [0.2, 0.25) is 0 Å². The Morgan fingerprint density at radius 2 is 0.762 bits per heavy atom. The fourth-order valence-corrected chi connectivity index (χ4v) is 10.9. The summed E-state index contributed by atoms with van der Waals surface area (Å²) in [7, 11) is 1.48. The molecule has 0 heterocycles. The quantitative estimate of drug-likeness (QED) is 0.0205. The second-order valence-corrected chi connectivity index (χ2v) is 26.5. The summed E-state index contributed by atoms with van der Waals surface area (Å²) in [5, 5.41) is 3.07. The van der Waals surface area contributed by atoms with Gasteiger partial charge in [0.15, 0.2) is 0 Å². The molecule has 1 amide bonds. The maximum atomic E-state index is 13.6. The molecule has 0 aromatic heterocycles. The van der Waals surface area contributed by atoms with E-state index in [2.05, 4.69) is 99.0 Å². The van der Waals surface area contributed by atoms with Crippen LogP contribution < -0.4 is 5.32 Å². The summed E-state index contributed by atoms with van der Waals surface area (Å²) in [5.74, 6) is -0.525. The molecule has 0 bridgehead atoms. The Balaban J connectivity index is 5.13. The number of phosphoric ester groups is 1. The van der Waals surface area contributed by atoms with Crippen molar-refractivity contribution in [3.63, 3.8) is 0 Å². The lowest BCUT2D eigenvalue weighted by atomic mass is 10.0. The van der Waals surface area contributed by atoms with Crippen LogP contribution >= 0.6 is 7.82 Å². The zero-order valence-corrected chi connectivity index (χ0v) is 56.8. The van der Waals surface area contributed by atoms with Crippen LogP contribution in [0.4, 0.5) is 0 Å². The fraction of sp³-hybridized carbons (Fsp3) is 0.784. The van der Waals surface area contributed by atoms with Gasteiger partial charge in [0, 0.05) is 12.8 Å². The van der Waals surface area contributed by atoms with Crippen molar-refractivity contribution in [1.82, 2.24) is 5.32 Å². The van der Waals surface area contributed by atoms with Crippen molar-refractivity contribution in [3.8, 4) is 0 Å². The number of phosphoric acid groups is 1. The zero-order valence-electron chi connectivity index (χ0n) is 55.9. The minimum Gasteiger partial charge on any atom is -0.456 e. The smallest absolute Gasteiger partial charge is 0.456 e. The first-order chi connectivity index (χ1) is 40.9. The number of quaternary nitrogens is 1. The Kier molecular flexibility index (Phi) is 61.1. The lowest BCUT2D eigenvalue weighted by molar-refractivity contribution is -0.870. The van der Waals surface area contributed by atoms with E-state index in [0.29, 0.717) is 23.9 Å². The molecule has 0 spiro atoms. The summed E-state index contributed by atoms with van der Waals surface area (Å²) < 4.78 is 30.8. The molecule has 488 valence electrons. The highest BCUT2D eigenvalue weighted by Gasteiger charge is 2.30. The monoisotopic (exact) mass is 1200 g/mol. The van der Waals surface area contributed by atoms with Gasteiger partial charge in [-0.25, -0.2) is 4.57 Å². The summed E-state index contributed by atoms with van der Waals surface area (Å²) >= 11 is 0. The number of amides is 1. The molecule has 10 heteroatoms. The molecule has 3 atom stereocenters. The summed E-state index contributed by atoms with van der Waals surface area (Å²) in [5.41, 5.74) is 0. The predicted molar refractivity (Wildman–Crippen MR) is 364 cm³/mol. The molecule has 0 aliphatic rings. The highest BCUT2D eigenvalue weighted by molar-refractivity contribution is 7.47. The highest BCUT2D eigenvalue weighted by atomic mass is 31.2. The van der Waals surface area contributed by atoms with Crippen molar-refractivity contribution >= 4 is 19.7 Å². The first kappa shape index (κ1) is 81.2. The third-order valence-electron chi connectivity index (χ3n) is 15.6. The molecule has 0 aromatic rings. The van der Waals surface area contributed by atoms with Gasteiger partial charge < -0.3 is 19.4 Å². The van der Waals surface area contributed by atoms with Crippen LogP contribution in [-0.2, 0) is 27.9 Å². The number of rotatable bonds is 64. The summed E-state index contributed by atoms with van der Waals surface area (Å²) in [6.45, 7) is 6.92. The van der Waals surface area contributed by atoms with E-state index < -0.39 is 20.0 Å². The number of hydrogen-bond donors (Lipinski definition) is 2. The van der Waals surface area contributed by atoms with Gasteiger partial charge in [-0.3, -0.25) is 18.6 Å². The maximum absolute atomic E-state index is 13.6. The standard InChI is InChI=1S/C74H135N2O7P/c1-7-10-13-16-19-22-25-28-30-32-34-36-38-40-42-44-46-48-51-54-57-60-63-66-73(77)75-71(70-82-84(79,80)81-69-68-76(4,5)6)72(65-62-59-56-53-50-27-24-21-18-15-12-9-3)83-74(78)67-64-61-58-55-52-49-47-45-43-41-39-37-35-33-31-29-26-23-20-17-14-11-8-2/h11,14,20,23,29,31,35,37,41,43,47,49,62,65,71-72H,7-10,12-13,15-19,21-22,24-28,30,32-34,36,38-40,42,44-46,48,50-61,63-64,66-70H2,1-6H3,(H-,75,77,79,80)/p+1/b14-11-,23-20-,31-29-,37-35-,43-41-,49-47-,65-62+. The van der Waals surface area contributed by atoms with Gasteiger partial charge in [0.05, 0.1) is 33.8 Å². The third kappa shape index (κ3) is 63.7. The maximum Gasteiger partial charge on any atom is 0.472 e. The van der Waals surface area contributed by atoms with E-state index in [1.807, 2.05) is 33.3 Å². The van der Waals surface area contributed by atoms with E-state index in [4.69, 9.17) is 13.8 Å². The number of ether oxygens (including phenoxy) is 1. The number of nitrogens with zero attached hydrogens (tertiary/aromatic N) is 1. The number of hydrogen-bond acceptors (Lipinski definition) is 6. The average Bonchev–Trinajstić information content (AvgIpc) is 3.65. The van der Waals surface area contributed by atoms with Gasteiger partial charge in [-0.15, -0.1) is 0 Å². The van der Waals surface area contributed by atoms with Gasteiger partial charge in [0.1, 0.15) is 19.3 Å². The van der Waals surface area contributed by atoms with Gasteiger partial charge in [-0.05, 0) is 83.1 Å². The van der Waals surface area contributed by atoms with E-state index in [9.17, 15) is 19.0 Å². The molecule has 0 fully saturated rings. The number of esters is 1. The number of unbranched alkanes of at least 4 members (excludes halogenated alkanes) is 36. The van der Waals surface area contributed by atoms with Crippen molar-refractivity contribution in [2.45, 2.75) is 335 Å². The Labute approximate surface area is 520 Å². The van der Waals surface area contributed by atoms with Crippen molar-refractivity contribution in [2.24, 2.45) is 0 Å². The van der Waals surface area contributed by atoms with E-state index >= 15 is 0 Å². The molecular weight excluding hydrogens is 1060 g/mol. The SMILES string of the molecule is CC/C=C\C/C=C\C/C=C\C/C=C\C/C=C\C/C=C\CCCCCCC(=O)OC(/C=C/CCCCCCCCCCCC)C(COP(=O)(O)OCC[N+](C)(C)C)NC(=O)CCCCCCCCCCCCCCCCCCCCCCCCC. The molecule has 0 saturated heterocycles. The molecular formula is C74H136N2O7P+. The van der Waals surface area contributed by atoms with Crippen LogP contribution in [0.5, 0.6) is 0 Å². The molecule has 0 aliphatic heterocycles. The second kappa shape index (κ2) is 63.2. The molecule has 3 unspecified atom stereocenters. The molecule has 0 aromatic carbocycles. The topological polar surface area (TPSA) is 111 Å². The third-order valence-corrected chi connectivity index (χ3v) is 16.6. The molecule has 2 N–H and O–H groups in total. The van der Waals surface area contributed by atoms with Gasteiger partial charge in [-0.1, -0.05) is 312 Å². The fourth-order valence-electron chi connectivity index (χ4n) is 10.2. The first-order valence-corrected chi connectivity index (χ1v) is 36.9. The van der Waals surface area contributed by atoms with Gasteiger partial charge >= 0.3 is 13.8 Å². The Morgan fingerprint density at radius 1 is 0.429 bits per heavy atom. The van der Waals surface area contributed by atoms with Crippen LogP contribution in [-0.4, -0.2) is 74.3 Å². The Hall–Kier alpha value is -2.81.